The lowest BCUT2D eigenvalue weighted by Gasteiger charge is -2.08. The zero-order valence-electron chi connectivity index (χ0n) is 7.56. The summed E-state index contributed by atoms with van der Waals surface area (Å²) in [7, 11) is 0. The van der Waals surface area contributed by atoms with Crippen molar-refractivity contribution in [1.29, 1.82) is 0 Å². The highest BCUT2D eigenvalue weighted by Crippen LogP contribution is 2.35. The molecule has 15 heavy (non-hydrogen) atoms. The van der Waals surface area contributed by atoms with Crippen molar-refractivity contribution in [2.24, 2.45) is 0 Å². The first-order valence-electron chi connectivity index (χ1n) is 3.89. The third kappa shape index (κ3) is 2.71. The fourth-order valence-electron chi connectivity index (χ4n) is 1.14. The van der Waals surface area contributed by atoms with E-state index in [1.807, 2.05) is 6.07 Å². The van der Waals surface area contributed by atoms with Crippen molar-refractivity contribution in [1.82, 2.24) is 0 Å². The van der Waals surface area contributed by atoms with E-state index >= 15 is 0 Å². The molecule has 0 fully saturated rings. The maximum atomic E-state index is 12.6. The van der Waals surface area contributed by atoms with Gasteiger partial charge < -0.3 is 0 Å². The molecule has 0 saturated heterocycles. The summed E-state index contributed by atoms with van der Waals surface area (Å²) in [6, 6.07) is 3.80. The van der Waals surface area contributed by atoms with Gasteiger partial charge in [-0.05, 0) is 24.6 Å². The lowest BCUT2D eigenvalue weighted by molar-refractivity contribution is -0.130. The molecule has 0 N–H and O–H groups in total. The predicted octanol–water partition coefficient (Wildman–Crippen LogP) is 2.97. The van der Waals surface area contributed by atoms with Crippen LogP contribution < -0.4 is 0 Å². The highest BCUT2D eigenvalue weighted by molar-refractivity contribution is 7.66. The van der Waals surface area contributed by atoms with Crippen LogP contribution >= 0.6 is 0 Å². The minimum atomic E-state index is -4.64. The van der Waals surface area contributed by atoms with Crippen molar-refractivity contribution in [3.63, 3.8) is 0 Å². The molecule has 1 aromatic rings. The number of rotatable bonds is 2. The van der Waals surface area contributed by atoms with Crippen molar-refractivity contribution in [2.45, 2.75) is 18.3 Å². The Morgan fingerprint density at radius 2 is 2.07 bits per heavy atom. The third-order valence-corrected chi connectivity index (χ3v) is 2.55. The molecule has 1 nitrogen and oxygen atoms in total. The minimum absolute atomic E-state index is 0.0944. The molecule has 1 radical (unpaired) electrons. The molecule has 0 amide bonds. The summed E-state index contributed by atoms with van der Waals surface area (Å²) in [6.07, 6.45) is -4.64. The number of hydrogen-bond acceptors (Lipinski definition) is 1. The van der Waals surface area contributed by atoms with E-state index in [1.54, 1.807) is 0 Å². The van der Waals surface area contributed by atoms with Crippen LogP contribution in [0.15, 0.2) is 12.1 Å². The summed E-state index contributed by atoms with van der Waals surface area (Å²) in [5, 5.41) is -2.17. The Labute approximate surface area is 87.6 Å². The smallest absolute Gasteiger partial charge is 0.206 e. The van der Waals surface area contributed by atoms with Gasteiger partial charge in [0.25, 0.3) is 0 Å². The van der Waals surface area contributed by atoms with Crippen LogP contribution in [0.2, 0.25) is 0 Å². The van der Waals surface area contributed by atoms with Crippen molar-refractivity contribution < 1.29 is 21.8 Å². The van der Waals surface area contributed by atoms with Crippen molar-refractivity contribution in [2.75, 3.05) is 0 Å². The van der Waals surface area contributed by atoms with E-state index in [2.05, 4.69) is 0 Å². The van der Waals surface area contributed by atoms with Crippen molar-refractivity contribution in [3.8, 4) is 0 Å². The largest absolute Gasteiger partial charge is 0.477 e. The Kier molecular flexibility index (Phi) is 3.38. The molecule has 1 rings (SSSR count). The summed E-state index contributed by atoms with van der Waals surface area (Å²) in [4.78, 5) is 0. The third-order valence-electron chi connectivity index (χ3n) is 1.84. The van der Waals surface area contributed by atoms with Gasteiger partial charge >= 0.3 is 23.1 Å². The van der Waals surface area contributed by atoms with Gasteiger partial charge in [0.05, 0.1) is 0 Å². The zero-order valence-corrected chi connectivity index (χ0v) is 8.38. The molecule has 6 heteroatoms. The standard InChI is InChI=1S/C9H6F4OS/c1-5-4-6(10)2-3-7(5)8(15-14)9(11,12)13/h3-4,8H,1H3/q+1. The van der Waals surface area contributed by atoms with Crippen LogP contribution in [0.25, 0.3) is 0 Å². The predicted molar refractivity (Wildman–Crippen MR) is 46.8 cm³/mol. The fraction of sp³-hybridized carbons (Fsp3) is 0.333. The van der Waals surface area contributed by atoms with Gasteiger partial charge in [0, 0.05) is 15.8 Å². The Hall–Kier alpha value is -1.04. The average Bonchev–Trinajstić information content (AvgIpc) is 2.07. The second-order valence-electron chi connectivity index (χ2n) is 2.94. The highest BCUT2D eigenvalue weighted by atomic mass is 32.1. The Bertz CT molecular complexity index is 375. The molecule has 1 aromatic carbocycles. The fourth-order valence-corrected chi connectivity index (χ4v) is 1.61. The molecule has 0 aliphatic rings. The van der Waals surface area contributed by atoms with E-state index in [4.69, 9.17) is 0 Å². The summed E-state index contributed by atoms with van der Waals surface area (Å²) in [6.45, 7) is 1.32. The van der Waals surface area contributed by atoms with Crippen molar-refractivity contribution >= 4 is 11.7 Å². The summed E-state index contributed by atoms with van der Waals surface area (Å²) in [5.74, 6) is -0.743. The first-order valence-corrected chi connectivity index (χ1v) is 4.70. The van der Waals surface area contributed by atoms with Gasteiger partial charge in [0.1, 0.15) is 5.82 Å². The monoisotopic (exact) mass is 238 g/mol. The molecule has 0 aliphatic carbocycles. The first-order chi connectivity index (χ1) is 6.86. The Balaban J connectivity index is 3.19. The number of benzene rings is 1. The van der Waals surface area contributed by atoms with Crippen LogP contribution in [0.3, 0.4) is 0 Å². The molecule has 81 valence electrons. The minimum Gasteiger partial charge on any atom is -0.206 e. The topological polar surface area (TPSA) is 17.1 Å². The highest BCUT2D eigenvalue weighted by Gasteiger charge is 2.52. The van der Waals surface area contributed by atoms with Crippen LogP contribution in [0, 0.1) is 18.8 Å². The summed E-state index contributed by atoms with van der Waals surface area (Å²) < 4.78 is 60.1. The van der Waals surface area contributed by atoms with Gasteiger partial charge in [-0.15, -0.1) is 0 Å². The van der Waals surface area contributed by atoms with E-state index in [0.717, 1.165) is 12.1 Å². The zero-order chi connectivity index (χ0) is 11.6. The Morgan fingerprint density at radius 1 is 1.47 bits per heavy atom. The number of alkyl halides is 3. The van der Waals surface area contributed by atoms with Crippen LogP contribution in [-0.4, -0.2) is 6.18 Å². The van der Waals surface area contributed by atoms with E-state index in [1.165, 1.54) is 6.92 Å². The van der Waals surface area contributed by atoms with Crippen LogP contribution in [0.5, 0.6) is 0 Å². The van der Waals surface area contributed by atoms with E-state index in [-0.39, 0.29) is 11.1 Å². The van der Waals surface area contributed by atoms with Gasteiger partial charge in [-0.3, -0.25) is 0 Å². The maximum Gasteiger partial charge on any atom is 0.477 e. The number of aryl methyl sites for hydroxylation is 1. The van der Waals surface area contributed by atoms with Gasteiger partial charge in [-0.1, -0.05) is 0 Å². The lowest BCUT2D eigenvalue weighted by atomic mass is 10.1. The lowest BCUT2D eigenvalue weighted by Crippen LogP contribution is -2.20. The molecular formula is C9H6F4OS+. The molecule has 1 atom stereocenters. The molecule has 1 unspecified atom stereocenters. The molecule has 0 aliphatic heterocycles. The van der Waals surface area contributed by atoms with Crippen LogP contribution in [-0.2, 0) is 15.9 Å². The second-order valence-corrected chi connectivity index (χ2v) is 3.60. The number of hydrogen-bond donors (Lipinski definition) is 0. The SMILES string of the molecule is Cc1cc(F)[c]cc1C([S+]=O)C(F)(F)F. The van der Waals surface area contributed by atoms with Crippen LogP contribution in [0.1, 0.15) is 16.4 Å². The molecule has 0 saturated carbocycles. The molecule has 0 aromatic heterocycles. The van der Waals surface area contributed by atoms with E-state index < -0.39 is 28.9 Å². The van der Waals surface area contributed by atoms with Gasteiger partial charge in [-0.2, -0.15) is 13.2 Å². The summed E-state index contributed by atoms with van der Waals surface area (Å²) in [5.41, 5.74) is -0.152. The van der Waals surface area contributed by atoms with Gasteiger partial charge in [0.15, 0.2) is 0 Å². The molecule has 0 bridgehead atoms. The number of halogens is 4. The van der Waals surface area contributed by atoms with E-state index in [0.29, 0.717) is 0 Å². The van der Waals surface area contributed by atoms with Gasteiger partial charge in [0.2, 0.25) is 0 Å². The van der Waals surface area contributed by atoms with E-state index in [9.17, 15) is 21.8 Å². The molecular weight excluding hydrogens is 232 g/mol. The first kappa shape index (κ1) is 12.0. The summed E-state index contributed by atoms with van der Waals surface area (Å²) >= 11 is -0.567. The molecule has 0 spiro atoms. The second kappa shape index (κ2) is 4.22. The average molecular weight is 238 g/mol. The maximum absolute atomic E-state index is 12.6. The van der Waals surface area contributed by atoms with Gasteiger partial charge in [-0.25, -0.2) is 4.39 Å². The Morgan fingerprint density at radius 3 is 2.47 bits per heavy atom. The normalized spacial score (nSPS) is 13.7. The quantitative estimate of drug-likeness (QED) is 0.572. The van der Waals surface area contributed by atoms with Crippen molar-refractivity contribution in [3.05, 3.63) is 35.1 Å². The molecule has 0 heterocycles. The van der Waals surface area contributed by atoms with Crippen LogP contribution in [0.4, 0.5) is 17.6 Å².